The van der Waals surface area contributed by atoms with E-state index < -0.39 is 24.1 Å². The van der Waals surface area contributed by atoms with Crippen molar-refractivity contribution in [2.75, 3.05) is 5.32 Å². The van der Waals surface area contributed by atoms with Crippen molar-refractivity contribution >= 4 is 28.5 Å². The SMILES string of the molecule is Cc1nc(NC(=O)NC(C(=O)O)C(C)O)sc1C. The Morgan fingerprint density at radius 1 is 1.39 bits per heavy atom. The molecule has 7 nitrogen and oxygen atoms in total. The maximum absolute atomic E-state index is 11.5. The van der Waals surface area contributed by atoms with Crippen LogP contribution in [-0.4, -0.2) is 39.3 Å². The van der Waals surface area contributed by atoms with Crippen LogP contribution in [0.4, 0.5) is 9.93 Å². The number of aromatic nitrogens is 1. The van der Waals surface area contributed by atoms with Crippen molar-refractivity contribution in [3.05, 3.63) is 10.6 Å². The van der Waals surface area contributed by atoms with Gasteiger partial charge in [-0.3, -0.25) is 5.32 Å². The van der Waals surface area contributed by atoms with Crippen molar-refractivity contribution in [3.63, 3.8) is 0 Å². The molecule has 1 aromatic rings. The quantitative estimate of drug-likeness (QED) is 0.645. The summed E-state index contributed by atoms with van der Waals surface area (Å²) in [6, 6.07) is -2.07. The van der Waals surface area contributed by atoms with E-state index in [1.807, 2.05) is 13.8 Å². The normalized spacial score (nSPS) is 13.8. The number of carbonyl (C=O) groups excluding carboxylic acids is 1. The molecule has 18 heavy (non-hydrogen) atoms. The van der Waals surface area contributed by atoms with Crippen LogP contribution in [0, 0.1) is 13.8 Å². The lowest BCUT2D eigenvalue weighted by Gasteiger charge is -2.16. The molecule has 0 fully saturated rings. The monoisotopic (exact) mass is 273 g/mol. The minimum Gasteiger partial charge on any atom is -0.480 e. The van der Waals surface area contributed by atoms with Crippen molar-refractivity contribution in [1.82, 2.24) is 10.3 Å². The third-order valence-corrected chi connectivity index (χ3v) is 3.27. The van der Waals surface area contributed by atoms with E-state index in [0.29, 0.717) is 5.13 Å². The fraction of sp³-hybridized carbons (Fsp3) is 0.500. The highest BCUT2D eigenvalue weighted by molar-refractivity contribution is 7.15. The first-order valence-electron chi connectivity index (χ1n) is 5.23. The van der Waals surface area contributed by atoms with Gasteiger partial charge in [0.1, 0.15) is 0 Å². The third-order valence-electron chi connectivity index (χ3n) is 2.28. The van der Waals surface area contributed by atoms with E-state index in [0.717, 1.165) is 10.6 Å². The van der Waals surface area contributed by atoms with Gasteiger partial charge in [0.15, 0.2) is 11.2 Å². The van der Waals surface area contributed by atoms with Crippen LogP contribution in [0.3, 0.4) is 0 Å². The molecule has 2 unspecified atom stereocenters. The van der Waals surface area contributed by atoms with Crippen molar-refractivity contribution in [2.24, 2.45) is 0 Å². The van der Waals surface area contributed by atoms with Crippen LogP contribution in [0.1, 0.15) is 17.5 Å². The Labute approximate surface area is 108 Å². The van der Waals surface area contributed by atoms with Crippen molar-refractivity contribution in [3.8, 4) is 0 Å². The molecule has 100 valence electrons. The Kier molecular flexibility index (Phi) is 4.62. The molecular formula is C10H15N3O4S. The Hall–Kier alpha value is -1.67. The number of nitrogens with zero attached hydrogens (tertiary/aromatic N) is 1. The zero-order valence-corrected chi connectivity index (χ0v) is 11.0. The summed E-state index contributed by atoms with van der Waals surface area (Å²) >= 11 is 1.29. The summed E-state index contributed by atoms with van der Waals surface area (Å²) in [7, 11) is 0. The molecule has 1 heterocycles. The lowest BCUT2D eigenvalue weighted by atomic mass is 10.2. The standard InChI is InChI=1S/C10H15N3O4S/c1-4-6(3)18-10(11-4)13-9(17)12-7(5(2)14)8(15)16/h5,7,14H,1-3H3,(H,15,16)(H2,11,12,13,17). The number of urea groups is 1. The number of aliphatic hydroxyl groups is 1. The summed E-state index contributed by atoms with van der Waals surface area (Å²) in [6.07, 6.45) is -1.19. The largest absolute Gasteiger partial charge is 0.480 e. The molecule has 0 aliphatic rings. The molecule has 8 heteroatoms. The van der Waals surface area contributed by atoms with Crippen LogP contribution >= 0.6 is 11.3 Å². The third kappa shape index (κ3) is 3.67. The van der Waals surface area contributed by atoms with Gasteiger partial charge in [-0.15, -0.1) is 11.3 Å². The van der Waals surface area contributed by atoms with E-state index in [4.69, 9.17) is 5.11 Å². The highest BCUT2D eigenvalue weighted by atomic mass is 32.1. The topological polar surface area (TPSA) is 112 Å². The van der Waals surface area contributed by atoms with Crippen LogP contribution in [0.25, 0.3) is 0 Å². The molecule has 0 spiro atoms. The molecule has 0 bridgehead atoms. The van der Waals surface area contributed by atoms with Gasteiger partial charge < -0.3 is 15.5 Å². The first-order chi connectivity index (χ1) is 8.31. The van der Waals surface area contributed by atoms with Gasteiger partial charge >= 0.3 is 12.0 Å². The minimum atomic E-state index is -1.35. The number of carboxylic acids is 1. The molecule has 4 N–H and O–H groups in total. The molecule has 0 aliphatic heterocycles. The Bertz CT molecular complexity index is 438. The number of aliphatic carboxylic acids is 1. The molecule has 0 aromatic carbocycles. The van der Waals surface area contributed by atoms with Gasteiger partial charge in [-0.05, 0) is 20.8 Å². The number of carbonyl (C=O) groups is 2. The van der Waals surface area contributed by atoms with E-state index in [1.165, 1.54) is 18.3 Å². The van der Waals surface area contributed by atoms with Gasteiger partial charge in [0.25, 0.3) is 0 Å². The maximum Gasteiger partial charge on any atom is 0.328 e. The number of hydrogen-bond acceptors (Lipinski definition) is 5. The number of amides is 2. The van der Waals surface area contributed by atoms with Crippen LogP contribution < -0.4 is 10.6 Å². The lowest BCUT2D eigenvalue weighted by molar-refractivity contribution is -0.141. The van der Waals surface area contributed by atoms with Gasteiger partial charge in [-0.25, -0.2) is 14.6 Å². The summed E-state index contributed by atoms with van der Waals surface area (Å²) in [4.78, 5) is 27.3. The first kappa shape index (κ1) is 14.4. The number of aliphatic hydroxyl groups excluding tert-OH is 1. The van der Waals surface area contributed by atoms with Crippen LogP contribution in [0.2, 0.25) is 0 Å². The number of aryl methyl sites for hydroxylation is 2. The zero-order valence-electron chi connectivity index (χ0n) is 10.2. The number of nitrogens with one attached hydrogen (secondary N) is 2. The van der Waals surface area contributed by atoms with Gasteiger partial charge in [-0.2, -0.15) is 0 Å². The Morgan fingerprint density at radius 3 is 2.39 bits per heavy atom. The number of anilines is 1. The van der Waals surface area contributed by atoms with Gasteiger partial charge in [0, 0.05) is 4.88 Å². The number of rotatable bonds is 4. The summed E-state index contributed by atoms with van der Waals surface area (Å²) in [5, 5.41) is 23.0. The average Bonchev–Trinajstić information content (AvgIpc) is 2.53. The van der Waals surface area contributed by atoms with Crippen molar-refractivity contribution in [2.45, 2.75) is 32.9 Å². The molecule has 0 saturated heterocycles. The fourth-order valence-electron chi connectivity index (χ4n) is 1.19. The predicted octanol–water partition coefficient (Wildman–Crippen LogP) is 0.715. The molecule has 0 saturated carbocycles. The van der Waals surface area contributed by atoms with E-state index >= 15 is 0 Å². The van der Waals surface area contributed by atoms with E-state index in [1.54, 1.807) is 0 Å². The second-order valence-electron chi connectivity index (χ2n) is 3.82. The van der Waals surface area contributed by atoms with Crippen LogP contribution in [-0.2, 0) is 4.79 Å². The molecule has 0 aliphatic carbocycles. The Morgan fingerprint density at radius 2 is 2.00 bits per heavy atom. The highest BCUT2D eigenvalue weighted by Gasteiger charge is 2.25. The second kappa shape index (κ2) is 5.78. The van der Waals surface area contributed by atoms with Gasteiger partial charge in [0.05, 0.1) is 11.8 Å². The van der Waals surface area contributed by atoms with Gasteiger partial charge in [0.2, 0.25) is 0 Å². The van der Waals surface area contributed by atoms with Crippen LogP contribution in [0.5, 0.6) is 0 Å². The molecule has 0 radical (unpaired) electrons. The van der Waals surface area contributed by atoms with Crippen LogP contribution in [0.15, 0.2) is 0 Å². The highest BCUT2D eigenvalue weighted by Crippen LogP contribution is 2.20. The van der Waals surface area contributed by atoms with Crippen molar-refractivity contribution in [1.29, 1.82) is 0 Å². The predicted molar refractivity (Wildman–Crippen MR) is 66.8 cm³/mol. The second-order valence-corrected chi connectivity index (χ2v) is 5.02. The number of thiazole rings is 1. The zero-order chi connectivity index (χ0) is 13.9. The number of hydrogen-bond donors (Lipinski definition) is 4. The molecular weight excluding hydrogens is 258 g/mol. The molecule has 1 rings (SSSR count). The van der Waals surface area contributed by atoms with E-state index in [2.05, 4.69) is 15.6 Å². The lowest BCUT2D eigenvalue weighted by Crippen LogP contribution is -2.49. The minimum absolute atomic E-state index is 0.386. The smallest absolute Gasteiger partial charge is 0.328 e. The summed E-state index contributed by atoms with van der Waals surface area (Å²) in [5.74, 6) is -1.30. The number of carboxylic acid groups (broad SMARTS) is 1. The summed E-state index contributed by atoms with van der Waals surface area (Å²) in [6.45, 7) is 4.97. The average molecular weight is 273 g/mol. The van der Waals surface area contributed by atoms with Crippen molar-refractivity contribution < 1.29 is 19.8 Å². The van der Waals surface area contributed by atoms with E-state index in [9.17, 15) is 14.7 Å². The Balaban J connectivity index is 2.63. The van der Waals surface area contributed by atoms with E-state index in [-0.39, 0.29) is 0 Å². The van der Waals surface area contributed by atoms with Gasteiger partial charge in [-0.1, -0.05) is 0 Å². The molecule has 1 aromatic heterocycles. The molecule has 2 atom stereocenters. The maximum atomic E-state index is 11.5. The summed E-state index contributed by atoms with van der Waals surface area (Å²) < 4.78 is 0. The molecule has 2 amide bonds. The summed E-state index contributed by atoms with van der Waals surface area (Å²) in [5.41, 5.74) is 0.806. The first-order valence-corrected chi connectivity index (χ1v) is 6.05. The fourth-order valence-corrected chi connectivity index (χ4v) is 2.00.